The predicted molar refractivity (Wildman–Crippen MR) is 77.7 cm³/mol. The lowest BCUT2D eigenvalue weighted by Gasteiger charge is -2.12. The van der Waals surface area contributed by atoms with Crippen LogP contribution in [-0.4, -0.2) is 5.11 Å². The first kappa shape index (κ1) is 12.8. The van der Waals surface area contributed by atoms with Gasteiger partial charge in [-0.2, -0.15) is 0 Å². The first-order valence-corrected chi connectivity index (χ1v) is 6.02. The van der Waals surface area contributed by atoms with E-state index in [1.54, 1.807) is 6.07 Å². The lowest BCUT2D eigenvalue weighted by Crippen LogP contribution is -2.19. The Kier molecular flexibility index (Phi) is 4.12. The maximum absolute atomic E-state index is 13.5. The molecule has 0 spiro atoms. The Morgan fingerprint density at radius 3 is 2.39 bits per heavy atom. The van der Waals surface area contributed by atoms with Crippen molar-refractivity contribution < 1.29 is 4.39 Å². The average molecular weight is 281 g/mol. The number of thiocarbonyl (C=S) groups is 1. The Morgan fingerprint density at radius 2 is 1.72 bits per heavy atom. The van der Waals surface area contributed by atoms with Crippen molar-refractivity contribution in [3.8, 4) is 0 Å². The summed E-state index contributed by atoms with van der Waals surface area (Å²) >= 11 is 11.0. The van der Waals surface area contributed by atoms with Crippen LogP contribution in [-0.2, 0) is 0 Å². The molecule has 2 aromatic rings. The number of anilines is 2. The molecule has 0 aliphatic carbocycles. The van der Waals surface area contributed by atoms with Crippen molar-refractivity contribution in [1.82, 2.24) is 0 Å². The average Bonchev–Trinajstić information content (AvgIpc) is 2.35. The third kappa shape index (κ3) is 3.18. The number of rotatable bonds is 2. The fraction of sp³-hybridized carbons (Fsp3) is 0. The van der Waals surface area contributed by atoms with Crippen LogP contribution in [0.3, 0.4) is 0 Å². The molecule has 0 fully saturated rings. The Hall–Kier alpha value is -1.65. The van der Waals surface area contributed by atoms with Crippen LogP contribution in [0.15, 0.2) is 48.5 Å². The van der Waals surface area contributed by atoms with E-state index >= 15 is 0 Å². The van der Waals surface area contributed by atoms with Gasteiger partial charge < -0.3 is 10.6 Å². The van der Waals surface area contributed by atoms with E-state index in [1.165, 1.54) is 12.1 Å². The molecule has 2 nitrogen and oxygen atoms in total. The smallest absolute Gasteiger partial charge is 0.175 e. The van der Waals surface area contributed by atoms with Crippen LogP contribution in [0, 0.1) is 5.82 Å². The fourth-order valence-corrected chi connectivity index (χ4v) is 1.84. The minimum Gasteiger partial charge on any atom is -0.332 e. The number of benzene rings is 2. The Morgan fingerprint density at radius 1 is 1.00 bits per heavy atom. The van der Waals surface area contributed by atoms with Gasteiger partial charge in [-0.3, -0.25) is 0 Å². The molecule has 0 saturated carbocycles. The van der Waals surface area contributed by atoms with Gasteiger partial charge in [-0.25, -0.2) is 4.39 Å². The van der Waals surface area contributed by atoms with Crippen molar-refractivity contribution >= 4 is 40.3 Å². The molecule has 2 N–H and O–H groups in total. The lowest BCUT2D eigenvalue weighted by atomic mass is 10.3. The third-order valence-corrected chi connectivity index (χ3v) is 2.75. The maximum Gasteiger partial charge on any atom is 0.175 e. The van der Waals surface area contributed by atoms with Crippen molar-refractivity contribution in [2.45, 2.75) is 0 Å². The monoisotopic (exact) mass is 280 g/mol. The van der Waals surface area contributed by atoms with Crippen molar-refractivity contribution in [2.75, 3.05) is 10.6 Å². The second-order valence-corrected chi connectivity index (χ2v) is 4.36. The SMILES string of the molecule is Fc1cccc(Cl)c1NC(=S)Nc1ccccc1. The molecule has 0 aliphatic rings. The largest absolute Gasteiger partial charge is 0.332 e. The number of hydrogen-bond acceptors (Lipinski definition) is 1. The molecule has 0 heterocycles. The lowest BCUT2D eigenvalue weighted by molar-refractivity contribution is 0.632. The van der Waals surface area contributed by atoms with Crippen LogP contribution in [0.25, 0.3) is 0 Å². The normalized spacial score (nSPS) is 9.89. The zero-order valence-electron chi connectivity index (χ0n) is 9.28. The maximum atomic E-state index is 13.5. The summed E-state index contributed by atoms with van der Waals surface area (Å²) < 4.78 is 13.5. The Balaban J connectivity index is 2.08. The summed E-state index contributed by atoms with van der Waals surface area (Å²) in [6.45, 7) is 0. The molecule has 0 atom stereocenters. The zero-order chi connectivity index (χ0) is 13.0. The molecule has 2 aromatic carbocycles. The third-order valence-electron chi connectivity index (χ3n) is 2.23. The van der Waals surface area contributed by atoms with Crippen LogP contribution in [0.5, 0.6) is 0 Å². The predicted octanol–water partition coefficient (Wildman–Crippen LogP) is 4.29. The van der Waals surface area contributed by atoms with E-state index in [0.29, 0.717) is 0 Å². The van der Waals surface area contributed by atoms with Gasteiger partial charge in [0, 0.05) is 5.69 Å². The molecule has 92 valence electrons. The van der Waals surface area contributed by atoms with Gasteiger partial charge in [0.1, 0.15) is 5.82 Å². The second kappa shape index (κ2) is 5.80. The molecule has 0 radical (unpaired) electrons. The first-order chi connectivity index (χ1) is 8.66. The summed E-state index contributed by atoms with van der Waals surface area (Å²) in [6, 6.07) is 13.8. The summed E-state index contributed by atoms with van der Waals surface area (Å²) in [7, 11) is 0. The topological polar surface area (TPSA) is 24.1 Å². The zero-order valence-corrected chi connectivity index (χ0v) is 10.9. The van der Waals surface area contributed by atoms with E-state index in [0.717, 1.165) is 5.69 Å². The molecule has 0 aliphatic heterocycles. The number of nitrogens with one attached hydrogen (secondary N) is 2. The summed E-state index contributed by atoms with van der Waals surface area (Å²) in [4.78, 5) is 0. The minimum absolute atomic E-state index is 0.174. The van der Waals surface area contributed by atoms with E-state index in [9.17, 15) is 4.39 Å². The van der Waals surface area contributed by atoms with E-state index in [2.05, 4.69) is 10.6 Å². The quantitative estimate of drug-likeness (QED) is 0.803. The van der Waals surface area contributed by atoms with Crippen LogP contribution >= 0.6 is 23.8 Å². The summed E-state index contributed by atoms with van der Waals surface area (Å²) in [6.07, 6.45) is 0. The van der Waals surface area contributed by atoms with E-state index in [1.807, 2.05) is 30.3 Å². The molecular formula is C13H10ClFN2S. The van der Waals surface area contributed by atoms with Crippen LogP contribution < -0.4 is 10.6 Å². The molecule has 2 rings (SSSR count). The van der Waals surface area contributed by atoms with Crippen molar-refractivity contribution in [1.29, 1.82) is 0 Å². The van der Waals surface area contributed by atoms with Gasteiger partial charge in [0.05, 0.1) is 10.7 Å². The minimum atomic E-state index is -0.445. The van der Waals surface area contributed by atoms with E-state index in [-0.39, 0.29) is 15.8 Å². The van der Waals surface area contributed by atoms with Crippen molar-refractivity contribution in [3.63, 3.8) is 0 Å². The van der Waals surface area contributed by atoms with Gasteiger partial charge in [0.15, 0.2) is 5.11 Å². The molecule has 0 aromatic heterocycles. The fourth-order valence-electron chi connectivity index (χ4n) is 1.41. The highest BCUT2D eigenvalue weighted by molar-refractivity contribution is 7.80. The molecule has 0 bridgehead atoms. The highest BCUT2D eigenvalue weighted by Gasteiger charge is 2.08. The van der Waals surface area contributed by atoms with Crippen LogP contribution in [0.4, 0.5) is 15.8 Å². The van der Waals surface area contributed by atoms with Gasteiger partial charge in [-0.05, 0) is 36.5 Å². The molecule has 5 heteroatoms. The van der Waals surface area contributed by atoms with Gasteiger partial charge in [-0.1, -0.05) is 35.9 Å². The molecule has 18 heavy (non-hydrogen) atoms. The van der Waals surface area contributed by atoms with Gasteiger partial charge in [0.2, 0.25) is 0 Å². The highest BCUT2D eigenvalue weighted by Crippen LogP contribution is 2.24. The number of halogens is 2. The number of hydrogen-bond donors (Lipinski definition) is 2. The van der Waals surface area contributed by atoms with Gasteiger partial charge in [-0.15, -0.1) is 0 Å². The molecular weight excluding hydrogens is 271 g/mol. The number of para-hydroxylation sites is 2. The molecule has 0 saturated heterocycles. The van der Waals surface area contributed by atoms with Crippen molar-refractivity contribution in [3.05, 3.63) is 59.4 Å². The summed E-state index contributed by atoms with van der Waals surface area (Å²) in [5, 5.41) is 6.25. The van der Waals surface area contributed by atoms with E-state index in [4.69, 9.17) is 23.8 Å². The standard InChI is InChI=1S/C13H10ClFN2S/c14-10-7-4-8-11(15)12(10)17-13(18)16-9-5-2-1-3-6-9/h1-8H,(H2,16,17,18). The first-order valence-electron chi connectivity index (χ1n) is 5.24. The summed E-state index contributed by atoms with van der Waals surface area (Å²) in [5.41, 5.74) is 0.995. The second-order valence-electron chi connectivity index (χ2n) is 3.54. The van der Waals surface area contributed by atoms with Crippen LogP contribution in [0.2, 0.25) is 5.02 Å². The molecule has 0 amide bonds. The highest BCUT2D eigenvalue weighted by atomic mass is 35.5. The molecule has 0 unspecified atom stereocenters. The van der Waals surface area contributed by atoms with E-state index < -0.39 is 5.82 Å². The summed E-state index contributed by atoms with van der Waals surface area (Å²) in [5.74, 6) is -0.445. The Bertz CT molecular complexity index is 540. The Labute approximate surface area is 115 Å². The van der Waals surface area contributed by atoms with Gasteiger partial charge in [0.25, 0.3) is 0 Å². The van der Waals surface area contributed by atoms with Crippen LogP contribution in [0.1, 0.15) is 0 Å². The van der Waals surface area contributed by atoms with Crippen molar-refractivity contribution in [2.24, 2.45) is 0 Å². The van der Waals surface area contributed by atoms with Gasteiger partial charge >= 0.3 is 0 Å².